The fraction of sp³-hybridized carbons (Fsp3) is 0.333. The molecule has 0 unspecified atom stereocenters. The number of ether oxygens (including phenoxy) is 1. The van der Waals surface area contributed by atoms with Gasteiger partial charge in [-0.05, 0) is 31.1 Å². The molecule has 0 N–H and O–H groups in total. The van der Waals surface area contributed by atoms with Gasteiger partial charge in [-0.1, -0.05) is 28.9 Å². The van der Waals surface area contributed by atoms with Crippen molar-refractivity contribution in [1.82, 2.24) is 4.90 Å². The maximum atomic E-state index is 12.1. The molecule has 0 aromatic heterocycles. The number of carbonyl (C=O) groups is 1. The zero-order valence-corrected chi connectivity index (χ0v) is 11.7. The number of rotatable bonds is 3. The van der Waals surface area contributed by atoms with Crippen LogP contribution in [0.25, 0.3) is 0 Å². The van der Waals surface area contributed by atoms with E-state index in [1.807, 2.05) is 25.1 Å². The van der Waals surface area contributed by atoms with Crippen molar-refractivity contribution < 1.29 is 14.4 Å². The molecule has 5 heteroatoms. The van der Waals surface area contributed by atoms with Crippen molar-refractivity contribution in [2.75, 3.05) is 20.2 Å². The Morgan fingerprint density at radius 3 is 2.80 bits per heavy atom. The van der Waals surface area contributed by atoms with E-state index in [-0.39, 0.29) is 6.09 Å². The third-order valence-electron chi connectivity index (χ3n) is 2.99. The lowest BCUT2D eigenvalue weighted by Crippen LogP contribution is -2.38. The van der Waals surface area contributed by atoms with Gasteiger partial charge in [-0.2, -0.15) is 0 Å². The van der Waals surface area contributed by atoms with E-state index in [9.17, 15) is 4.79 Å². The Bertz CT molecular complexity index is 520. The van der Waals surface area contributed by atoms with E-state index < -0.39 is 0 Å². The Labute approximate surface area is 118 Å². The molecule has 1 aromatic rings. The molecule has 1 amide bonds. The molecule has 1 aliphatic heterocycles. The fourth-order valence-electron chi connectivity index (χ4n) is 1.91. The topological polar surface area (TPSA) is 51.1 Å². The van der Waals surface area contributed by atoms with Gasteiger partial charge in [0.25, 0.3) is 0 Å². The average Bonchev–Trinajstić information content (AvgIpc) is 2.48. The van der Waals surface area contributed by atoms with Gasteiger partial charge < -0.3 is 14.5 Å². The lowest BCUT2D eigenvalue weighted by molar-refractivity contribution is 0.155. The summed E-state index contributed by atoms with van der Waals surface area (Å²) in [5.41, 5.74) is 2.07. The van der Waals surface area contributed by atoms with E-state index in [0.717, 1.165) is 17.6 Å². The van der Waals surface area contributed by atoms with Gasteiger partial charge in [-0.15, -0.1) is 0 Å². The zero-order valence-electron chi connectivity index (χ0n) is 11.7. The Kier molecular flexibility index (Phi) is 4.76. The minimum atomic E-state index is -0.342. The van der Waals surface area contributed by atoms with Crippen molar-refractivity contribution in [3.8, 4) is 5.75 Å². The largest absolute Gasteiger partial charge is 0.415 e. The Balaban J connectivity index is 1.94. The standard InChI is InChI=1S/C15H18N2O3/c1-12-5-7-14(8-6-12)20-15(18)17-9-3-4-13(11-17)10-16-19-2/h4-8,10H,3,9,11H2,1-2H3. The van der Waals surface area contributed by atoms with Crippen LogP contribution in [0, 0.1) is 6.92 Å². The number of hydrogen-bond acceptors (Lipinski definition) is 4. The maximum Gasteiger partial charge on any atom is 0.415 e. The van der Waals surface area contributed by atoms with Crippen LogP contribution in [0.1, 0.15) is 12.0 Å². The summed E-state index contributed by atoms with van der Waals surface area (Å²) < 4.78 is 5.35. The van der Waals surface area contributed by atoms with Gasteiger partial charge in [0.15, 0.2) is 0 Å². The van der Waals surface area contributed by atoms with Gasteiger partial charge in [0.1, 0.15) is 12.9 Å². The molecular formula is C15H18N2O3. The van der Waals surface area contributed by atoms with Crippen LogP contribution < -0.4 is 4.74 Å². The number of oxime groups is 1. The summed E-state index contributed by atoms with van der Waals surface area (Å²) >= 11 is 0. The Morgan fingerprint density at radius 2 is 2.10 bits per heavy atom. The van der Waals surface area contributed by atoms with Gasteiger partial charge >= 0.3 is 6.09 Å². The molecule has 0 aliphatic carbocycles. The van der Waals surface area contributed by atoms with Crippen molar-refractivity contribution in [2.24, 2.45) is 5.16 Å². The van der Waals surface area contributed by atoms with Gasteiger partial charge in [0.05, 0.1) is 12.8 Å². The number of carbonyl (C=O) groups excluding carboxylic acids is 1. The molecule has 0 radical (unpaired) electrons. The first-order chi connectivity index (χ1) is 9.69. The van der Waals surface area contributed by atoms with E-state index in [2.05, 4.69) is 9.99 Å². The van der Waals surface area contributed by atoms with Crippen LogP contribution in [0.15, 0.2) is 41.1 Å². The first-order valence-corrected chi connectivity index (χ1v) is 6.48. The number of nitrogens with zero attached hydrogens (tertiary/aromatic N) is 2. The molecule has 0 saturated heterocycles. The van der Waals surface area contributed by atoms with Crippen molar-refractivity contribution >= 4 is 12.3 Å². The molecule has 1 aromatic carbocycles. The molecular weight excluding hydrogens is 256 g/mol. The van der Waals surface area contributed by atoms with E-state index in [0.29, 0.717) is 18.8 Å². The minimum Gasteiger partial charge on any atom is -0.410 e. The normalized spacial score (nSPS) is 15.1. The number of aryl methyl sites for hydroxylation is 1. The zero-order chi connectivity index (χ0) is 14.4. The fourth-order valence-corrected chi connectivity index (χ4v) is 1.91. The van der Waals surface area contributed by atoms with E-state index in [1.54, 1.807) is 23.2 Å². The first kappa shape index (κ1) is 14.1. The van der Waals surface area contributed by atoms with Gasteiger partial charge in [0.2, 0.25) is 0 Å². The monoisotopic (exact) mass is 274 g/mol. The van der Waals surface area contributed by atoms with Gasteiger partial charge in [-0.25, -0.2) is 4.79 Å². The van der Waals surface area contributed by atoms with Gasteiger partial charge in [0, 0.05) is 6.54 Å². The Hall–Kier alpha value is -2.30. The van der Waals surface area contributed by atoms with Crippen LogP contribution in [0.5, 0.6) is 5.75 Å². The minimum absolute atomic E-state index is 0.342. The van der Waals surface area contributed by atoms with E-state index >= 15 is 0 Å². The second kappa shape index (κ2) is 6.75. The molecule has 20 heavy (non-hydrogen) atoms. The van der Waals surface area contributed by atoms with E-state index in [4.69, 9.17) is 4.74 Å². The molecule has 106 valence electrons. The smallest absolute Gasteiger partial charge is 0.410 e. The van der Waals surface area contributed by atoms with Crippen LogP contribution in [0.2, 0.25) is 0 Å². The molecule has 2 rings (SSSR count). The average molecular weight is 274 g/mol. The highest BCUT2D eigenvalue weighted by Crippen LogP contribution is 2.15. The molecule has 0 bridgehead atoms. The van der Waals surface area contributed by atoms with Crippen LogP contribution in [-0.4, -0.2) is 37.4 Å². The van der Waals surface area contributed by atoms with Crippen LogP contribution in [0.3, 0.4) is 0 Å². The summed E-state index contributed by atoms with van der Waals surface area (Å²) in [5.74, 6) is 0.558. The second-order valence-corrected chi connectivity index (χ2v) is 4.59. The summed E-state index contributed by atoms with van der Waals surface area (Å²) in [6.45, 7) is 3.12. The van der Waals surface area contributed by atoms with Crippen molar-refractivity contribution in [3.05, 3.63) is 41.5 Å². The van der Waals surface area contributed by atoms with Crippen LogP contribution in [-0.2, 0) is 4.84 Å². The van der Waals surface area contributed by atoms with Crippen molar-refractivity contribution in [1.29, 1.82) is 0 Å². The van der Waals surface area contributed by atoms with Crippen LogP contribution >= 0.6 is 0 Å². The molecule has 1 heterocycles. The highest BCUT2D eigenvalue weighted by Gasteiger charge is 2.19. The highest BCUT2D eigenvalue weighted by atomic mass is 16.6. The van der Waals surface area contributed by atoms with E-state index in [1.165, 1.54) is 7.11 Å². The second-order valence-electron chi connectivity index (χ2n) is 4.59. The van der Waals surface area contributed by atoms with Gasteiger partial charge in [-0.3, -0.25) is 0 Å². The van der Waals surface area contributed by atoms with Crippen molar-refractivity contribution in [2.45, 2.75) is 13.3 Å². The van der Waals surface area contributed by atoms with Crippen molar-refractivity contribution in [3.63, 3.8) is 0 Å². The number of hydrogen-bond donors (Lipinski definition) is 0. The summed E-state index contributed by atoms with van der Waals surface area (Å²) in [4.78, 5) is 18.4. The summed E-state index contributed by atoms with van der Waals surface area (Å²) in [6.07, 6.45) is 4.10. The molecule has 0 atom stereocenters. The quantitative estimate of drug-likeness (QED) is 0.629. The number of amides is 1. The summed E-state index contributed by atoms with van der Waals surface area (Å²) in [7, 11) is 1.49. The first-order valence-electron chi connectivity index (χ1n) is 6.48. The predicted octanol–water partition coefficient (Wildman–Crippen LogP) is 2.76. The molecule has 0 spiro atoms. The molecule has 5 nitrogen and oxygen atoms in total. The lowest BCUT2D eigenvalue weighted by Gasteiger charge is -2.25. The Morgan fingerprint density at radius 1 is 1.35 bits per heavy atom. The highest BCUT2D eigenvalue weighted by molar-refractivity contribution is 5.81. The number of benzene rings is 1. The third-order valence-corrected chi connectivity index (χ3v) is 2.99. The SMILES string of the molecule is CON=CC1=CCCN(C(=O)Oc2ccc(C)cc2)C1. The predicted molar refractivity (Wildman–Crippen MR) is 77.0 cm³/mol. The van der Waals surface area contributed by atoms with Crippen LogP contribution in [0.4, 0.5) is 4.79 Å². The maximum absolute atomic E-state index is 12.1. The molecule has 1 aliphatic rings. The summed E-state index contributed by atoms with van der Waals surface area (Å²) in [6, 6.07) is 7.41. The molecule has 0 fully saturated rings. The lowest BCUT2D eigenvalue weighted by atomic mass is 10.1. The molecule has 0 saturated carbocycles. The third kappa shape index (κ3) is 3.85. The summed E-state index contributed by atoms with van der Waals surface area (Å²) in [5, 5.41) is 3.71.